The summed E-state index contributed by atoms with van der Waals surface area (Å²) in [6.45, 7) is 5.70. The van der Waals surface area contributed by atoms with Gasteiger partial charge in [0.15, 0.2) is 0 Å². The number of nitrogens with one attached hydrogen (secondary N) is 1. The molecule has 0 aliphatic carbocycles. The van der Waals surface area contributed by atoms with Crippen molar-refractivity contribution in [2.24, 2.45) is 0 Å². The molecular formula is C19H17Cl2N3O4S2. The number of thiophene rings is 1. The number of aryl methyl sites for hydroxylation is 1. The third kappa shape index (κ3) is 5.15. The zero-order valence-electron chi connectivity index (χ0n) is 16.2. The summed E-state index contributed by atoms with van der Waals surface area (Å²) in [4.78, 5) is 25.6. The second-order valence-corrected chi connectivity index (χ2v) is 9.04. The van der Waals surface area contributed by atoms with Gasteiger partial charge in [0.2, 0.25) is 11.8 Å². The summed E-state index contributed by atoms with van der Waals surface area (Å²) in [6.07, 6.45) is 0. The Morgan fingerprint density at radius 1 is 1.27 bits per heavy atom. The second-order valence-electron chi connectivity index (χ2n) is 6.04. The fourth-order valence-corrected chi connectivity index (χ4v) is 4.61. The van der Waals surface area contributed by atoms with Gasteiger partial charge in [-0.1, -0.05) is 35.0 Å². The van der Waals surface area contributed by atoms with Gasteiger partial charge in [-0.25, -0.2) is 4.79 Å². The average Bonchev–Trinajstić information content (AvgIpc) is 3.25. The molecule has 30 heavy (non-hydrogen) atoms. The number of nitrogens with zero attached hydrogens (tertiary/aromatic N) is 2. The lowest BCUT2D eigenvalue weighted by Crippen LogP contribution is -2.16. The molecule has 0 atom stereocenters. The Bertz CT molecular complexity index is 1100. The molecule has 2 heterocycles. The number of carbonyl (C=O) groups excluding carboxylic acids is 2. The molecular weight excluding hydrogens is 469 g/mol. The Balaban J connectivity index is 1.65. The Labute approximate surface area is 191 Å². The van der Waals surface area contributed by atoms with Crippen LogP contribution in [0.3, 0.4) is 0 Å². The maximum Gasteiger partial charge on any atom is 0.341 e. The maximum absolute atomic E-state index is 12.4. The standard InChI is InChI=1S/C19H17Cl2N3O4S2/c1-4-27-18(26)15-9(2)10(3)30-17(15)22-14(25)8-29-19-24-23-16(28-19)12-6-5-11(20)7-13(12)21/h5-7H,4,8H2,1-3H3,(H,22,25). The van der Waals surface area contributed by atoms with Gasteiger partial charge in [-0.3, -0.25) is 4.79 Å². The predicted octanol–water partition coefficient (Wildman–Crippen LogP) is 5.63. The van der Waals surface area contributed by atoms with Crippen molar-refractivity contribution >= 4 is 63.2 Å². The van der Waals surface area contributed by atoms with E-state index in [0.717, 1.165) is 22.2 Å². The quantitative estimate of drug-likeness (QED) is 0.342. The van der Waals surface area contributed by atoms with E-state index in [4.69, 9.17) is 32.4 Å². The molecule has 0 saturated heterocycles. The van der Waals surface area contributed by atoms with E-state index in [1.54, 1.807) is 25.1 Å². The summed E-state index contributed by atoms with van der Waals surface area (Å²) in [5.74, 6) is -0.512. The number of carbonyl (C=O) groups is 2. The molecule has 1 amide bonds. The van der Waals surface area contributed by atoms with Crippen molar-refractivity contribution in [1.29, 1.82) is 0 Å². The third-order valence-corrected chi connectivity index (χ3v) is 6.50. The maximum atomic E-state index is 12.4. The second kappa shape index (κ2) is 9.82. The van der Waals surface area contributed by atoms with Crippen molar-refractivity contribution in [3.05, 3.63) is 44.2 Å². The lowest BCUT2D eigenvalue weighted by atomic mass is 10.1. The van der Waals surface area contributed by atoms with Gasteiger partial charge < -0.3 is 14.5 Å². The number of esters is 1. The smallest absolute Gasteiger partial charge is 0.341 e. The number of rotatable bonds is 7. The topological polar surface area (TPSA) is 94.3 Å². The van der Waals surface area contributed by atoms with Crippen molar-refractivity contribution in [1.82, 2.24) is 10.2 Å². The fourth-order valence-electron chi connectivity index (χ4n) is 2.49. The number of ether oxygens (including phenoxy) is 1. The molecule has 0 fully saturated rings. The molecule has 3 rings (SSSR count). The highest BCUT2D eigenvalue weighted by molar-refractivity contribution is 7.99. The van der Waals surface area contributed by atoms with E-state index in [1.807, 2.05) is 13.8 Å². The van der Waals surface area contributed by atoms with Crippen LogP contribution in [0.1, 0.15) is 27.7 Å². The normalized spacial score (nSPS) is 10.8. The monoisotopic (exact) mass is 485 g/mol. The number of amides is 1. The van der Waals surface area contributed by atoms with Gasteiger partial charge in [0, 0.05) is 9.90 Å². The van der Waals surface area contributed by atoms with Crippen LogP contribution in [0.15, 0.2) is 27.8 Å². The minimum absolute atomic E-state index is 0.0221. The summed E-state index contributed by atoms with van der Waals surface area (Å²) in [7, 11) is 0. The first-order chi connectivity index (χ1) is 14.3. The number of hydrogen-bond donors (Lipinski definition) is 1. The van der Waals surface area contributed by atoms with Gasteiger partial charge in [-0.05, 0) is 44.5 Å². The van der Waals surface area contributed by atoms with Crippen molar-refractivity contribution in [2.75, 3.05) is 17.7 Å². The highest BCUT2D eigenvalue weighted by Gasteiger charge is 2.22. The fraction of sp³-hybridized carbons (Fsp3) is 0.263. The minimum atomic E-state index is -0.455. The van der Waals surface area contributed by atoms with Crippen molar-refractivity contribution in [3.8, 4) is 11.5 Å². The van der Waals surface area contributed by atoms with Crippen molar-refractivity contribution in [2.45, 2.75) is 26.0 Å². The first-order valence-corrected chi connectivity index (χ1v) is 11.3. The van der Waals surface area contributed by atoms with Gasteiger partial charge in [0.25, 0.3) is 5.22 Å². The molecule has 2 aromatic heterocycles. The number of thioether (sulfide) groups is 1. The Kier molecular flexibility index (Phi) is 7.41. The first kappa shape index (κ1) is 22.6. The van der Waals surface area contributed by atoms with Crippen LogP contribution in [0.25, 0.3) is 11.5 Å². The number of halogens is 2. The van der Waals surface area contributed by atoms with Gasteiger partial charge in [0.1, 0.15) is 5.00 Å². The SMILES string of the molecule is CCOC(=O)c1c(NC(=O)CSc2nnc(-c3ccc(Cl)cc3Cl)o2)sc(C)c1C. The molecule has 0 spiro atoms. The molecule has 0 unspecified atom stereocenters. The number of hydrogen-bond acceptors (Lipinski definition) is 8. The van der Waals surface area contributed by atoms with E-state index in [1.165, 1.54) is 11.3 Å². The van der Waals surface area contributed by atoms with E-state index in [2.05, 4.69) is 15.5 Å². The van der Waals surface area contributed by atoms with Gasteiger partial charge in [-0.2, -0.15) is 0 Å². The highest BCUT2D eigenvalue weighted by atomic mass is 35.5. The van der Waals surface area contributed by atoms with E-state index < -0.39 is 5.97 Å². The first-order valence-electron chi connectivity index (χ1n) is 8.78. The van der Waals surface area contributed by atoms with Crippen LogP contribution in [0.4, 0.5) is 5.00 Å². The minimum Gasteiger partial charge on any atom is -0.462 e. The van der Waals surface area contributed by atoms with Gasteiger partial charge in [-0.15, -0.1) is 21.5 Å². The number of benzene rings is 1. The van der Waals surface area contributed by atoms with Crippen LogP contribution >= 0.6 is 46.3 Å². The molecule has 1 aromatic carbocycles. The Hall–Kier alpha value is -2.07. The zero-order valence-corrected chi connectivity index (χ0v) is 19.4. The summed E-state index contributed by atoms with van der Waals surface area (Å²) < 4.78 is 10.7. The average molecular weight is 486 g/mol. The Morgan fingerprint density at radius 3 is 2.73 bits per heavy atom. The lowest BCUT2D eigenvalue weighted by Gasteiger charge is -2.06. The molecule has 0 aliphatic heterocycles. The molecule has 7 nitrogen and oxygen atoms in total. The van der Waals surface area contributed by atoms with E-state index in [-0.39, 0.29) is 29.4 Å². The van der Waals surface area contributed by atoms with E-state index in [9.17, 15) is 9.59 Å². The van der Waals surface area contributed by atoms with Crippen LogP contribution in [0.2, 0.25) is 10.0 Å². The summed E-state index contributed by atoms with van der Waals surface area (Å²) >= 11 is 14.4. The summed E-state index contributed by atoms with van der Waals surface area (Å²) in [6, 6.07) is 4.92. The molecule has 1 N–H and O–H groups in total. The van der Waals surface area contributed by atoms with Crippen LogP contribution in [-0.4, -0.2) is 34.4 Å². The predicted molar refractivity (Wildman–Crippen MR) is 119 cm³/mol. The molecule has 0 saturated carbocycles. The summed E-state index contributed by atoms with van der Waals surface area (Å²) in [5, 5.41) is 12.2. The molecule has 11 heteroatoms. The van der Waals surface area contributed by atoms with Crippen LogP contribution < -0.4 is 5.32 Å². The highest BCUT2D eigenvalue weighted by Crippen LogP contribution is 2.34. The van der Waals surface area contributed by atoms with Crippen LogP contribution in [-0.2, 0) is 9.53 Å². The third-order valence-electron chi connectivity index (χ3n) is 4.01. The lowest BCUT2D eigenvalue weighted by molar-refractivity contribution is -0.113. The van der Waals surface area contributed by atoms with E-state index in [0.29, 0.717) is 26.2 Å². The molecule has 0 radical (unpaired) electrons. The van der Waals surface area contributed by atoms with Crippen molar-refractivity contribution in [3.63, 3.8) is 0 Å². The molecule has 0 aliphatic rings. The number of anilines is 1. The summed E-state index contributed by atoms with van der Waals surface area (Å²) in [5.41, 5.74) is 1.73. The molecule has 0 bridgehead atoms. The zero-order chi connectivity index (χ0) is 21.8. The van der Waals surface area contributed by atoms with E-state index >= 15 is 0 Å². The van der Waals surface area contributed by atoms with Crippen LogP contribution in [0, 0.1) is 13.8 Å². The largest absolute Gasteiger partial charge is 0.462 e. The molecule has 158 valence electrons. The molecule has 3 aromatic rings. The van der Waals surface area contributed by atoms with Crippen LogP contribution in [0.5, 0.6) is 0 Å². The van der Waals surface area contributed by atoms with Gasteiger partial charge >= 0.3 is 5.97 Å². The Morgan fingerprint density at radius 2 is 2.03 bits per heavy atom. The van der Waals surface area contributed by atoms with Crippen molar-refractivity contribution < 1.29 is 18.7 Å². The van der Waals surface area contributed by atoms with Gasteiger partial charge in [0.05, 0.1) is 28.5 Å². The number of aromatic nitrogens is 2.